The molecular formula is C15H20N2O3. The average molecular weight is 276 g/mol. The number of anilines is 1. The molecule has 5 nitrogen and oxygen atoms in total. The van der Waals surface area contributed by atoms with Crippen molar-refractivity contribution < 1.29 is 14.3 Å². The average Bonchev–Trinajstić information content (AvgIpc) is 2.42. The van der Waals surface area contributed by atoms with Crippen molar-refractivity contribution in [3.05, 3.63) is 24.3 Å². The van der Waals surface area contributed by atoms with E-state index in [2.05, 4.69) is 0 Å². The van der Waals surface area contributed by atoms with E-state index in [1.165, 1.54) is 6.92 Å². The van der Waals surface area contributed by atoms with Crippen LogP contribution in [0.2, 0.25) is 0 Å². The number of nitrogens with zero attached hydrogens (tertiary/aromatic N) is 2. The van der Waals surface area contributed by atoms with Gasteiger partial charge in [0.25, 0.3) is 0 Å². The number of rotatable bonds is 3. The van der Waals surface area contributed by atoms with Crippen LogP contribution in [0.5, 0.6) is 5.75 Å². The zero-order chi connectivity index (χ0) is 14.7. The molecular weight excluding hydrogens is 256 g/mol. The van der Waals surface area contributed by atoms with Gasteiger partial charge in [-0.15, -0.1) is 0 Å². The predicted molar refractivity (Wildman–Crippen MR) is 76.8 cm³/mol. The molecule has 5 heteroatoms. The molecule has 0 spiro atoms. The van der Waals surface area contributed by atoms with Crippen molar-refractivity contribution in [1.29, 1.82) is 0 Å². The molecule has 20 heavy (non-hydrogen) atoms. The highest BCUT2D eigenvalue weighted by atomic mass is 16.5. The Morgan fingerprint density at radius 1 is 1.40 bits per heavy atom. The Kier molecular flexibility index (Phi) is 4.27. The van der Waals surface area contributed by atoms with Gasteiger partial charge in [0.1, 0.15) is 11.8 Å². The zero-order valence-electron chi connectivity index (χ0n) is 12.1. The standard InChI is InChI=1S/C15H20N2O3/c1-4-20-14-7-5-6-13(10-14)17-9-8-16(12(3)18)11(2)15(17)19/h5-7,10-11H,4,8-9H2,1-3H3. The second kappa shape index (κ2) is 5.94. The van der Waals surface area contributed by atoms with E-state index < -0.39 is 6.04 Å². The van der Waals surface area contributed by atoms with Crippen LogP contribution >= 0.6 is 0 Å². The van der Waals surface area contributed by atoms with Crippen LogP contribution < -0.4 is 9.64 Å². The van der Waals surface area contributed by atoms with Crippen molar-refractivity contribution in [1.82, 2.24) is 4.90 Å². The van der Waals surface area contributed by atoms with Crippen LogP contribution in [0.3, 0.4) is 0 Å². The number of hydrogen-bond acceptors (Lipinski definition) is 3. The van der Waals surface area contributed by atoms with Gasteiger partial charge in [-0.1, -0.05) is 6.07 Å². The number of ether oxygens (including phenoxy) is 1. The van der Waals surface area contributed by atoms with Crippen LogP contribution in [0.4, 0.5) is 5.69 Å². The van der Waals surface area contributed by atoms with Crippen LogP contribution in [0.15, 0.2) is 24.3 Å². The van der Waals surface area contributed by atoms with Gasteiger partial charge in [0.05, 0.1) is 6.61 Å². The van der Waals surface area contributed by atoms with Gasteiger partial charge in [0, 0.05) is 31.8 Å². The van der Waals surface area contributed by atoms with Gasteiger partial charge in [0.2, 0.25) is 11.8 Å². The molecule has 1 saturated heterocycles. The molecule has 1 unspecified atom stereocenters. The molecule has 2 rings (SSSR count). The number of piperazine rings is 1. The second-order valence-corrected chi connectivity index (χ2v) is 4.81. The van der Waals surface area contributed by atoms with Crippen molar-refractivity contribution in [3.63, 3.8) is 0 Å². The van der Waals surface area contributed by atoms with Gasteiger partial charge in [0.15, 0.2) is 0 Å². The predicted octanol–water partition coefficient (Wildman–Crippen LogP) is 1.67. The zero-order valence-corrected chi connectivity index (χ0v) is 12.1. The van der Waals surface area contributed by atoms with E-state index in [4.69, 9.17) is 4.74 Å². The summed E-state index contributed by atoms with van der Waals surface area (Å²) in [6.07, 6.45) is 0. The first-order valence-corrected chi connectivity index (χ1v) is 6.86. The Balaban J connectivity index is 2.20. The first kappa shape index (κ1) is 14.4. The minimum Gasteiger partial charge on any atom is -0.494 e. The van der Waals surface area contributed by atoms with Crippen molar-refractivity contribution in [2.45, 2.75) is 26.8 Å². The van der Waals surface area contributed by atoms with Gasteiger partial charge in [-0.2, -0.15) is 0 Å². The van der Waals surface area contributed by atoms with Gasteiger partial charge < -0.3 is 14.5 Å². The van der Waals surface area contributed by atoms with E-state index in [1.54, 1.807) is 16.7 Å². The van der Waals surface area contributed by atoms with E-state index >= 15 is 0 Å². The molecule has 108 valence electrons. The number of carbonyl (C=O) groups is 2. The fraction of sp³-hybridized carbons (Fsp3) is 0.467. The monoisotopic (exact) mass is 276 g/mol. The first-order valence-electron chi connectivity index (χ1n) is 6.86. The molecule has 0 N–H and O–H groups in total. The van der Waals surface area contributed by atoms with Gasteiger partial charge in [-0.05, 0) is 26.0 Å². The summed E-state index contributed by atoms with van der Waals surface area (Å²) in [5, 5.41) is 0. The molecule has 0 aromatic heterocycles. The number of benzene rings is 1. The van der Waals surface area contributed by atoms with E-state index in [-0.39, 0.29) is 11.8 Å². The second-order valence-electron chi connectivity index (χ2n) is 4.81. The van der Waals surface area contributed by atoms with Crippen molar-refractivity contribution in [2.75, 3.05) is 24.6 Å². The molecule has 2 amide bonds. The largest absolute Gasteiger partial charge is 0.494 e. The molecule has 1 aliphatic heterocycles. The van der Waals surface area contributed by atoms with Crippen molar-refractivity contribution >= 4 is 17.5 Å². The smallest absolute Gasteiger partial charge is 0.249 e. The Bertz CT molecular complexity index is 516. The van der Waals surface area contributed by atoms with Crippen molar-refractivity contribution in [3.8, 4) is 5.75 Å². The highest BCUT2D eigenvalue weighted by Crippen LogP contribution is 2.24. The molecule has 0 radical (unpaired) electrons. The molecule has 1 aromatic rings. The van der Waals surface area contributed by atoms with Crippen LogP contribution in [0, 0.1) is 0 Å². The van der Waals surface area contributed by atoms with Crippen LogP contribution in [0.1, 0.15) is 20.8 Å². The normalized spacial score (nSPS) is 19.1. The van der Waals surface area contributed by atoms with E-state index in [1.807, 2.05) is 31.2 Å². The summed E-state index contributed by atoms with van der Waals surface area (Å²) < 4.78 is 5.46. The molecule has 1 heterocycles. The van der Waals surface area contributed by atoms with Crippen LogP contribution in [-0.4, -0.2) is 42.5 Å². The number of hydrogen-bond donors (Lipinski definition) is 0. The minimum absolute atomic E-state index is 0.0555. The molecule has 1 aliphatic rings. The summed E-state index contributed by atoms with van der Waals surface area (Å²) in [6.45, 7) is 6.84. The molecule has 1 aromatic carbocycles. The Labute approximate surface area is 119 Å². The fourth-order valence-corrected chi connectivity index (χ4v) is 2.46. The van der Waals surface area contributed by atoms with Crippen LogP contribution in [-0.2, 0) is 9.59 Å². The maximum absolute atomic E-state index is 12.4. The van der Waals surface area contributed by atoms with Crippen molar-refractivity contribution in [2.24, 2.45) is 0 Å². The van der Waals surface area contributed by atoms with Gasteiger partial charge >= 0.3 is 0 Å². The summed E-state index contributed by atoms with van der Waals surface area (Å²) in [6, 6.07) is 7.06. The number of carbonyl (C=O) groups excluding carboxylic acids is 2. The third kappa shape index (κ3) is 2.76. The number of amides is 2. The summed E-state index contributed by atoms with van der Waals surface area (Å²) in [5.41, 5.74) is 0.816. The Hall–Kier alpha value is -2.04. The summed E-state index contributed by atoms with van der Waals surface area (Å²) in [7, 11) is 0. The Morgan fingerprint density at radius 2 is 2.15 bits per heavy atom. The lowest BCUT2D eigenvalue weighted by Gasteiger charge is -2.38. The topological polar surface area (TPSA) is 49.9 Å². The SMILES string of the molecule is CCOc1cccc(N2CCN(C(C)=O)C(C)C2=O)c1. The molecule has 0 saturated carbocycles. The summed E-state index contributed by atoms with van der Waals surface area (Å²) >= 11 is 0. The lowest BCUT2D eigenvalue weighted by molar-refractivity contribution is -0.139. The molecule has 1 fully saturated rings. The molecule has 0 aliphatic carbocycles. The van der Waals surface area contributed by atoms with E-state index in [0.29, 0.717) is 19.7 Å². The fourth-order valence-electron chi connectivity index (χ4n) is 2.46. The van der Waals surface area contributed by atoms with E-state index in [0.717, 1.165) is 11.4 Å². The summed E-state index contributed by atoms with van der Waals surface area (Å²) in [4.78, 5) is 27.2. The maximum atomic E-state index is 12.4. The minimum atomic E-state index is -0.419. The molecule has 0 bridgehead atoms. The van der Waals surface area contributed by atoms with Gasteiger partial charge in [-0.25, -0.2) is 0 Å². The Morgan fingerprint density at radius 3 is 2.80 bits per heavy atom. The maximum Gasteiger partial charge on any atom is 0.249 e. The lowest BCUT2D eigenvalue weighted by Crippen LogP contribution is -2.57. The summed E-state index contributed by atoms with van der Waals surface area (Å²) in [5.74, 6) is 0.633. The highest BCUT2D eigenvalue weighted by Gasteiger charge is 2.33. The first-order chi connectivity index (χ1) is 9.54. The van der Waals surface area contributed by atoms with E-state index in [9.17, 15) is 9.59 Å². The van der Waals surface area contributed by atoms with Crippen LogP contribution in [0.25, 0.3) is 0 Å². The molecule has 1 atom stereocenters. The van der Waals surface area contributed by atoms with Gasteiger partial charge in [-0.3, -0.25) is 9.59 Å². The highest BCUT2D eigenvalue weighted by molar-refractivity contribution is 6.00. The quantitative estimate of drug-likeness (QED) is 0.844. The third-order valence-electron chi connectivity index (χ3n) is 3.50. The third-order valence-corrected chi connectivity index (χ3v) is 3.50. The lowest BCUT2D eigenvalue weighted by atomic mass is 10.1.